The summed E-state index contributed by atoms with van der Waals surface area (Å²) in [5.41, 5.74) is 1.18. The predicted molar refractivity (Wildman–Crippen MR) is 106 cm³/mol. The molecule has 28 heavy (non-hydrogen) atoms. The van der Waals surface area contributed by atoms with Gasteiger partial charge >= 0.3 is 6.09 Å². The zero-order valence-corrected chi connectivity index (χ0v) is 16.6. The van der Waals surface area contributed by atoms with E-state index in [1.165, 1.54) is 29.2 Å². The van der Waals surface area contributed by atoms with E-state index in [0.717, 1.165) is 5.56 Å². The van der Waals surface area contributed by atoms with Crippen molar-refractivity contribution in [3.8, 4) is 0 Å². The zero-order chi connectivity index (χ0) is 20.4. The van der Waals surface area contributed by atoms with E-state index < -0.39 is 11.9 Å². The molecule has 5 nitrogen and oxygen atoms in total. The van der Waals surface area contributed by atoms with Crippen LogP contribution in [0.3, 0.4) is 0 Å². The Morgan fingerprint density at radius 2 is 1.82 bits per heavy atom. The third kappa shape index (κ3) is 4.23. The van der Waals surface area contributed by atoms with Gasteiger partial charge in [0.15, 0.2) is 0 Å². The van der Waals surface area contributed by atoms with Crippen LogP contribution in [0.5, 0.6) is 0 Å². The molecular weight excluding hydrogens is 406 g/mol. The standard InChI is InChI=1S/C20H19Cl2FN2O3/c1-24(19(26)12-2-5-14(23)6-3-12)18-8-9-25(20(27)28)11-15(18)13-4-7-16(21)17(22)10-13/h2-7,10,15,18H,8-9,11H2,1H3,(H,27,28). The molecule has 0 saturated carbocycles. The maximum absolute atomic E-state index is 13.2. The number of amides is 2. The van der Waals surface area contributed by atoms with Crippen LogP contribution in [-0.2, 0) is 0 Å². The minimum Gasteiger partial charge on any atom is -0.465 e. The van der Waals surface area contributed by atoms with Crippen LogP contribution >= 0.6 is 23.2 Å². The quantitative estimate of drug-likeness (QED) is 0.773. The summed E-state index contributed by atoms with van der Waals surface area (Å²) in [6.07, 6.45) is -0.531. The molecule has 2 atom stereocenters. The van der Waals surface area contributed by atoms with Crippen molar-refractivity contribution in [3.63, 3.8) is 0 Å². The van der Waals surface area contributed by atoms with E-state index in [0.29, 0.717) is 28.6 Å². The van der Waals surface area contributed by atoms with Crippen molar-refractivity contribution in [1.82, 2.24) is 9.80 Å². The Morgan fingerprint density at radius 3 is 2.43 bits per heavy atom. The smallest absolute Gasteiger partial charge is 0.407 e. The van der Waals surface area contributed by atoms with Crippen molar-refractivity contribution in [3.05, 3.63) is 69.5 Å². The van der Waals surface area contributed by atoms with Crippen molar-refractivity contribution in [2.24, 2.45) is 0 Å². The van der Waals surface area contributed by atoms with Gasteiger partial charge in [0.2, 0.25) is 0 Å². The van der Waals surface area contributed by atoms with E-state index >= 15 is 0 Å². The number of nitrogens with zero attached hydrogens (tertiary/aromatic N) is 2. The number of halogens is 3. The van der Waals surface area contributed by atoms with Gasteiger partial charge in [0.05, 0.1) is 10.0 Å². The highest BCUT2D eigenvalue weighted by Gasteiger charge is 2.36. The molecule has 2 aromatic rings. The molecule has 2 unspecified atom stereocenters. The maximum atomic E-state index is 13.2. The summed E-state index contributed by atoms with van der Waals surface area (Å²) in [6.45, 7) is 0.553. The lowest BCUT2D eigenvalue weighted by Gasteiger charge is -2.42. The Bertz CT molecular complexity index is 892. The lowest BCUT2D eigenvalue weighted by molar-refractivity contribution is 0.0590. The Labute approximate surface area is 172 Å². The van der Waals surface area contributed by atoms with E-state index in [4.69, 9.17) is 23.2 Å². The van der Waals surface area contributed by atoms with E-state index in [9.17, 15) is 19.1 Å². The molecule has 2 amide bonds. The molecule has 0 bridgehead atoms. The summed E-state index contributed by atoms with van der Waals surface area (Å²) >= 11 is 12.2. The van der Waals surface area contributed by atoms with Gasteiger partial charge in [-0.1, -0.05) is 29.3 Å². The van der Waals surface area contributed by atoms with Gasteiger partial charge in [-0.2, -0.15) is 0 Å². The number of likely N-dealkylation sites (N-methyl/N-ethyl adjacent to an activating group) is 1. The van der Waals surface area contributed by atoms with E-state index in [1.807, 2.05) is 0 Å². The average Bonchev–Trinajstić information content (AvgIpc) is 2.69. The van der Waals surface area contributed by atoms with Crippen molar-refractivity contribution >= 4 is 35.2 Å². The second-order valence-electron chi connectivity index (χ2n) is 6.79. The highest BCUT2D eigenvalue weighted by Crippen LogP contribution is 2.34. The van der Waals surface area contributed by atoms with Gasteiger partial charge in [-0.25, -0.2) is 9.18 Å². The van der Waals surface area contributed by atoms with Crippen molar-refractivity contribution < 1.29 is 19.1 Å². The van der Waals surface area contributed by atoms with Crippen LogP contribution in [0.4, 0.5) is 9.18 Å². The third-order valence-electron chi connectivity index (χ3n) is 5.13. The highest BCUT2D eigenvalue weighted by molar-refractivity contribution is 6.42. The summed E-state index contributed by atoms with van der Waals surface area (Å²) in [5, 5.41) is 10.2. The van der Waals surface area contributed by atoms with Crippen molar-refractivity contribution in [2.75, 3.05) is 20.1 Å². The minimum atomic E-state index is -1.00. The van der Waals surface area contributed by atoms with Gasteiger partial charge in [-0.3, -0.25) is 4.79 Å². The number of likely N-dealkylation sites (tertiary alicyclic amines) is 1. The number of piperidine rings is 1. The SMILES string of the molecule is CN(C(=O)c1ccc(F)cc1)C1CCN(C(=O)O)CC1c1ccc(Cl)c(Cl)c1. The molecule has 1 aliphatic heterocycles. The number of benzene rings is 2. The molecule has 1 saturated heterocycles. The summed E-state index contributed by atoms with van der Waals surface area (Å²) in [4.78, 5) is 27.3. The summed E-state index contributed by atoms with van der Waals surface area (Å²) < 4.78 is 13.2. The Morgan fingerprint density at radius 1 is 1.14 bits per heavy atom. The van der Waals surface area contributed by atoms with Crippen LogP contribution in [0.15, 0.2) is 42.5 Å². The molecule has 1 fully saturated rings. The van der Waals surface area contributed by atoms with Crippen LogP contribution in [0.25, 0.3) is 0 Å². The molecule has 1 heterocycles. The second kappa shape index (κ2) is 8.37. The first-order valence-electron chi connectivity index (χ1n) is 8.73. The molecule has 0 aromatic heterocycles. The molecular formula is C20H19Cl2FN2O3. The van der Waals surface area contributed by atoms with Gasteiger partial charge in [-0.15, -0.1) is 0 Å². The highest BCUT2D eigenvalue weighted by atomic mass is 35.5. The van der Waals surface area contributed by atoms with Gasteiger partial charge in [0.1, 0.15) is 5.82 Å². The molecule has 8 heteroatoms. The van der Waals surface area contributed by atoms with Crippen molar-refractivity contribution in [1.29, 1.82) is 0 Å². The molecule has 148 valence electrons. The molecule has 0 aliphatic carbocycles. The Hall–Kier alpha value is -2.31. The van der Waals surface area contributed by atoms with Crippen LogP contribution < -0.4 is 0 Å². The number of rotatable bonds is 3. The van der Waals surface area contributed by atoms with Crippen LogP contribution in [0.2, 0.25) is 10.0 Å². The monoisotopic (exact) mass is 424 g/mol. The average molecular weight is 425 g/mol. The lowest BCUT2D eigenvalue weighted by atomic mass is 9.85. The summed E-state index contributed by atoms with van der Waals surface area (Å²) in [6, 6.07) is 10.3. The molecule has 2 aromatic carbocycles. The molecule has 1 aliphatic rings. The van der Waals surface area contributed by atoms with Crippen LogP contribution in [-0.4, -0.2) is 53.1 Å². The largest absolute Gasteiger partial charge is 0.465 e. The number of hydrogen-bond donors (Lipinski definition) is 1. The first kappa shape index (κ1) is 20.4. The van der Waals surface area contributed by atoms with Crippen LogP contribution in [0, 0.1) is 5.82 Å². The van der Waals surface area contributed by atoms with Crippen molar-refractivity contribution in [2.45, 2.75) is 18.4 Å². The first-order chi connectivity index (χ1) is 13.3. The normalized spacial score (nSPS) is 19.4. The Kier molecular flexibility index (Phi) is 6.10. The van der Waals surface area contributed by atoms with Gasteiger partial charge in [0, 0.05) is 37.7 Å². The summed E-state index contributed by atoms with van der Waals surface area (Å²) in [7, 11) is 1.68. The number of carbonyl (C=O) groups excluding carboxylic acids is 1. The topological polar surface area (TPSA) is 60.9 Å². The number of hydrogen-bond acceptors (Lipinski definition) is 2. The molecule has 0 spiro atoms. The minimum absolute atomic E-state index is 0.235. The van der Waals surface area contributed by atoms with E-state index in [2.05, 4.69) is 0 Å². The molecule has 0 radical (unpaired) electrons. The van der Waals surface area contributed by atoms with Gasteiger partial charge in [0.25, 0.3) is 5.91 Å². The first-order valence-corrected chi connectivity index (χ1v) is 9.49. The van der Waals surface area contributed by atoms with E-state index in [1.54, 1.807) is 30.1 Å². The van der Waals surface area contributed by atoms with Crippen LogP contribution in [0.1, 0.15) is 28.3 Å². The fraction of sp³-hybridized carbons (Fsp3) is 0.300. The summed E-state index contributed by atoms with van der Waals surface area (Å²) in [5.74, 6) is -0.935. The molecule has 1 N–H and O–H groups in total. The van der Waals surface area contributed by atoms with E-state index in [-0.39, 0.29) is 24.4 Å². The predicted octanol–water partition coefficient (Wildman–Crippen LogP) is 4.74. The number of carbonyl (C=O) groups is 2. The fourth-order valence-corrected chi connectivity index (χ4v) is 3.90. The Balaban J connectivity index is 1.91. The molecule has 3 rings (SSSR count). The van der Waals surface area contributed by atoms with Gasteiger partial charge < -0.3 is 14.9 Å². The fourth-order valence-electron chi connectivity index (χ4n) is 3.59. The lowest BCUT2D eigenvalue weighted by Crippen LogP contribution is -2.51. The number of carboxylic acid groups (broad SMARTS) is 1. The van der Waals surface area contributed by atoms with Gasteiger partial charge in [-0.05, 0) is 48.4 Å². The third-order valence-corrected chi connectivity index (χ3v) is 5.87. The second-order valence-corrected chi connectivity index (χ2v) is 7.60. The zero-order valence-electron chi connectivity index (χ0n) is 15.1. The maximum Gasteiger partial charge on any atom is 0.407 e.